The number of hydrogen-bond donors (Lipinski definition) is 3. The SMILES string of the molecule is O=C(NCCC(=O)N1C[C@H]2CNC[C@H]2C1)c1n[nH]c2ccccc12. The summed E-state index contributed by atoms with van der Waals surface area (Å²) in [5, 5.41) is 13.9. The van der Waals surface area contributed by atoms with Gasteiger partial charge in [0, 0.05) is 44.5 Å². The third-order valence-electron chi connectivity index (χ3n) is 5.05. The second-order valence-corrected chi connectivity index (χ2v) is 6.60. The van der Waals surface area contributed by atoms with Gasteiger partial charge in [-0.1, -0.05) is 18.2 Å². The van der Waals surface area contributed by atoms with Gasteiger partial charge >= 0.3 is 0 Å². The zero-order valence-electron chi connectivity index (χ0n) is 13.4. The van der Waals surface area contributed by atoms with Crippen molar-refractivity contribution in [2.45, 2.75) is 6.42 Å². The van der Waals surface area contributed by atoms with Crippen LogP contribution in [0.5, 0.6) is 0 Å². The Balaban J connectivity index is 1.29. The Morgan fingerprint density at radius 3 is 2.75 bits per heavy atom. The average molecular weight is 327 g/mol. The zero-order chi connectivity index (χ0) is 16.5. The van der Waals surface area contributed by atoms with Gasteiger partial charge in [-0.25, -0.2) is 0 Å². The largest absolute Gasteiger partial charge is 0.350 e. The van der Waals surface area contributed by atoms with Crippen LogP contribution in [0.15, 0.2) is 24.3 Å². The molecule has 0 saturated carbocycles. The summed E-state index contributed by atoms with van der Waals surface area (Å²) in [5.41, 5.74) is 1.20. The maximum absolute atomic E-state index is 12.3. The summed E-state index contributed by atoms with van der Waals surface area (Å²) in [4.78, 5) is 26.5. The third kappa shape index (κ3) is 2.75. The van der Waals surface area contributed by atoms with E-state index in [-0.39, 0.29) is 11.8 Å². The standard InChI is InChI=1S/C17H21N5O2/c23-15(22-9-11-7-18-8-12(11)10-22)5-6-19-17(24)16-13-3-1-2-4-14(13)20-21-16/h1-4,11-12,18H,5-10H2,(H,19,24)(H,20,21)/t11-,12+. The van der Waals surface area contributed by atoms with E-state index in [1.807, 2.05) is 29.2 Å². The van der Waals surface area contributed by atoms with Crippen molar-refractivity contribution in [1.29, 1.82) is 0 Å². The Morgan fingerprint density at radius 1 is 1.21 bits per heavy atom. The molecule has 2 aliphatic rings. The Hall–Kier alpha value is -2.41. The molecule has 7 nitrogen and oxygen atoms in total. The van der Waals surface area contributed by atoms with E-state index in [0.717, 1.165) is 37.1 Å². The van der Waals surface area contributed by atoms with Crippen LogP contribution in [0, 0.1) is 11.8 Å². The molecule has 2 aromatic rings. The van der Waals surface area contributed by atoms with Crippen molar-refractivity contribution in [1.82, 2.24) is 25.7 Å². The van der Waals surface area contributed by atoms with Gasteiger partial charge < -0.3 is 15.5 Å². The monoisotopic (exact) mass is 327 g/mol. The molecule has 0 unspecified atom stereocenters. The van der Waals surface area contributed by atoms with Gasteiger partial charge in [-0.2, -0.15) is 5.10 Å². The summed E-state index contributed by atoms with van der Waals surface area (Å²) >= 11 is 0. The minimum atomic E-state index is -0.247. The topological polar surface area (TPSA) is 90.1 Å². The van der Waals surface area contributed by atoms with Gasteiger partial charge in [-0.3, -0.25) is 14.7 Å². The molecule has 2 atom stereocenters. The van der Waals surface area contributed by atoms with E-state index in [2.05, 4.69) is 20.8 Å². The number of fused-ring (bicyclic) bond motifs is 2. The van der Waals surface area contributed by atoms with Gasteiger partial charge in [0.2, 0.25) is 5.91 Å². The van der Waals surface area contributed by atoms with Gasteiger partial charge in [-0.15, -0.1) is 0 Å². The molecule has 2 amide bonds. The van der Waals surface area contributed by atoms with Gasteiger partial charge in [0.05, 0.1) is 5.52 Å². The molecule has 7 heteroatoms. The first kappa shape index (κ1) is 15.1. The van der Waals surface area contributed by atoms with Crippen LogP contribution in [0.4, 0.5) is 0 Å². The van der Waals surface area contributed by atoms with E-state index >= 15 is 0 Å². The highest BCUT2D eigenvalue weighted by molar-refractivity contribution is 6.04. The maximum Gasteiger partial charge on any atom is 0.272 e. The number of carbonyl (C=O) groups is 2. The fourth-order valence-corrected chi connectivity index (χ4v) is 3.72. The molecule has 4 rings (SSSR count). The molecule has 2 fully saturated rings. The normalized spacial score (nSPS) is 22.8. The van der Waals surface area contributed by atoms with E-state index in [9.17, 15) is 9.59 Å². The lowest BCUT2D eigenvalue weighted by Gasteiger charge is -2.17. The van der Waals surface area contributed by atoms with Crippen LogP contribution in [0.3, 0.4) is 0 Å². The lowest BCUT2D eigenvalue weighted by molar-refractivity contribution is -0.130. The van der Waals surface area contributed by atoms with Crippen LogP contribution in [0.2, 0.25) is 0 Å². The molecule has 1 aromatic heterocycles. The maximum atomic E-state index is 12.3. The summed E-state index contributed by atoms with van der Waals surface area (Å²) in [6.07, 6.45) is 0.334. The van der Waals surface area contributed by atoms with Crippen LogP contribution >= 0.6 is 0 Å². The molecule has 24 heavy (non-hydrogen) atoms. The van der Waals surface area contributed by atoms with Gasteiger partial charge in [0.15, 0.2) is 5.69 Å². The predicted molar refractivity (Wildman–Crippen MR) is 89.5 cm³/mol. The first-order valence-electron chi connectivity index (χ1n) is 8.42. The summed E-state index contributed by atoms with van der Waals surface area (Å²) in [7, 11) is 0. The summed E-state index contributed by atoms with van der Waals surface area (Å²) in [5.74, 6) is 1.07. The summed E-state index contributed by atoms with van der Waals surface area (Å²) in [6, 6.07) is 7.50. The lowest BCUT2D eigenvalue weighted by atomic mass is 10.0. The number of nitrogens with one attached hydrogen (secondary N) is 3. The number of nitrogens with zero attached hydrogens (tertiary/aromatic N) is 2. The highest BCUT2D eigenvalue weighted by Crippen LogP contribution is 2.26. The number of aromatic amines is 1. The smallest absolute Gasteiger partial charge is 0.272 e. The van der Waals surface area contributed by atoms with Crippen molar-refractivity contribution in [3.05, 3.63) is 30.0 Å². The zero-order valence-corrected chi connectivity index (χ0v) is 13.4. The highest BCUT2D eigenvalue weighted by atomic mass is 16.2. The van der Waals surface area contributed by atoms with E-state index in [4.69, 9.17) is 0 Å². The van der Waals surface area contributed by atoms with Crippen LogP contribution in [-0.2, 0) is 4.79 Å². The number of para-hydroxylation sites is 1. The van der Waals surface area contributed by atoms with E-state index < -0.39 is 0 Å². The molecular weight excluding hydrogens is 306 g/mol. The number of rotatable bonds is 4. The predicted octanol–water partition coefficient (Wildman–Crippen LogP) is 0.361. The van der Waals surface area contributed by atoms with E-state index in [0.29, 0.717) is 30.5 Å². The van der Waals surface area contributed by atoms with Crippen molar-refractivity contribution >= 4 is 22.7 Å². The van der Waals surface area contributed by atoms with Crippen molar-refractivity contribution in [2.75, 3.05) is 32.7 Å². The fraction of sp³-hybridized carbons (Fsp3) is 0.471. The van der Waals surface area contributed by atoms with Crippen LogP contribution in [-0.4, -0.2) is 59.6 Å². The molecule has 126 valence electrons. The van der Waals surface area contributed by atoms with Crippen LogP contribution in [0.1, 0.15) is 16.9 Å². The number of likely N-dealkylation sites (tertiary alicyclic amines) is 1. The molecular formula is C17H21N5O2. The second-order valence-electron chi connectivity index (χ2n) is 6.60. The first-order valence-corrected chi connectivity index (χ1v) is 8.42. The van der Waals surface area contributed by atoms with Gasteiger partial charge in [-0.05, 0) is 17.9 Å². The van der Waals surface area contributed by atoms with Gasteiger partial charge in [0.25, 0.3) is 5.91 Å². The van der Waals surface area contributed by atoms with Crippen molar-refractivity contribution in [3.8, 4) is 0 Å². The molecule has 2 saturated heterocycles. The summed E-state index contributed by atoms with van der Waals surface area (Å²) < 4.78 is 0. The number of carbonyl (C=O) groups excluding carboxylic acids is 2. The second kappa shape index (κ2) is 6.24. The third-order valence-corrected chi connectivity index (χ3v) is 5.05. The van der Waals surface area contributed by atoms with Gasteiger partial charge in [0.1, 0.15) is 0 Å². The fourth-order valence-electron chi connectivity index (χ4n) is 3.72. The average Bonchev–Trinajstić information content (AvgIpc) is 3.28. The molecule has 0 bridgehead atoms. The molecule has 0 radical (unpaired) electrons. The van der Waals surface area contributed by atoms with Crippen LogP contribution < -0.4 is 10.6 Å². The highest BCUT2D eigenvalue weighted by Gasteiger charge is 2.37. The Labute approximate surface area is 139 Å². The first-order chi connectivity index (χ1) is 11.7. The number of H-pyrrole nitrogens is 1. The van der Waals surface area contributed by atoms with Crippen molar-refractivity contribution in [2.24, 2.45) is 11.8 Å². The molecule has 0 spiro atoms. The molecule has 1 aromatic carbocycles. The lowest BCUT2D eigenvalue weighted by Crippen LogP contribution is -2.35. The number of hydrogen-bond acceptors (Lipinski definition) is 4. The number of benzene rings is 1. The summed E-state index contributed by atoms with van der Waals surface area (Å²) in [6.45, 7) is 4.04. The van der Waals surface area contributed by atoms with E-state index in [1.165, 1.54) is 0 Å². The Kier molecular flexibility index (Phi) is 3.93. The van der Waals surface area contributed by atoms with E-state index in [1.54, 1.807) is 0 Å². The van der Waals surface area contributed by atoms with Crippen molar-refractivity contribution in [3.63, 3.8) is 0 Å². The molecule has 0 aliphatic carbocycles. The minimum absolute atomic E-state index is 0.122. The number of aromatic nitrogens is 2. The molecule has 3 N–H and O–H groups in total. The number of amides is 2. The minimum Gasteiger partial charge on any atom is -0.350 e. The van der Waals surface area contributed by atoms with Crippen LogP contribution in [0.25, 0.3) is 10.9 Å². The molecule has 2 aliphatic heterocycles. The van der Waals surface area contributed by atoms with Crippen molar-refractivity contribution < 1.29 is 9.59 Å². The Bertz CT molecular complexity index is 759. The Morgan fingerprint density at radius 2 is 1.96 bits per heavy atom. The quantitative estimate of drug-likeness (QED) is 0.756. The molecule has 3 heterocycles.